The Kier molecular flexibility index (Phi) is 4.42. The predicted molar refractivity (Wildman–Crippen MR) is 78.0 cm³/mol. The molecule has 6 nitrogen and oxygen atoms in total. The van der Waals surface area contributed by atoms with Gasteiger partial charge in [0.05, 0.1) is 10.3 Å². The molecule has 0 saturated carbocycles. The number of likely N-dealkylation sites (tertiary alicyclic amines) is 1. The van der Waals surface area contributed by atoms with Gasteiger partial charge in [-0.05, 0) is 32.0 Å². The highest BCUT2D eigenvalue weighted by atomic mass is 32.1. The predicted octanol–water partition coefficient (Wildman–Crippen LogP) is 0.310. The van der Waals surface area contributed by atoms with Crippen molar-refractivity contribution in [3.63, 3.8) is 0 Å². The van der Waals surface area contributed by atoms with E-state index in [1.54, 1.807) is 13.1 Å². The van der Waals surface area contributed by atoms with Crippen molar-refractivity contribution in [3.8, 4) is 0 Å². The summed E-state index contributed by atoms with van der Waals surface area (Å²) < 4.78 is 0. The minimum absolute atomic E-state index is 0.0920. The molecular formula is C13H20N4O2S. The number of nitrogens with one attached hydrogen (secondary N) is 2. The van der Waals surface area contributed by atoms with Gasteiger partial charge in [0.25, 0.3) is 5.91 Å². The molecule has 1 fully saturated rings. The zero-order valence-electron chi connectivity index (χ0n) is 11.7. The second-order valence-electron chi connectivity index (χ2n) is 5.34. The van der Waals surface area contributed by atoms with E-state index < -0.39 is 0 Å². The van der Waals surface area contributed by atoms with E-state index in [1.165, 1.54) is 11.3 Å². The Labute approximate surface area is 122 Å². The Morgan fingerprint density at radius 3 is 2.90 bits per heavy atom. The van der Waals surface area contributed by atoms with Crippen molar-refractivity contribution in [3.05, 3.63) is 21.9 Å². The van der Waals surface area contributed by atoms with Crippen LogP contribution in [0.4, 0.5) is 0 Å². The van der Waals surface area contributed by atoms with Gasteiger partial charge in [0, 0.05) is 25.0 Å². The van der Waals surface area contributed by atoms with Gasteiger partial charge >= 0.3 is 0 Å². The number of nitrogens with zero attached hydrogens (tertiary/aromatic N) is 1. The van der Waals surface area contributed by atoms with Crippen molar-refractivity contribution >= 4 is 23.2 Å². The summed E-state index contributed by atoms with van der Waals surface area (Å²) in [4.78, 5) is 27.2. The molecule has 1 unspecified atom stereocenters. The van der Waals surface area contributed by atoms with Gasteiger partial charge in [-0.25, -0.2) is 5.84 Å². The number of carbonyl (C=O) groups excluding carboxylic acids is 2. The highest BCUT2D eigenvalue weighted by molar-refractivity contribution is 7.14. The van der Waals surface area contributed by atoms with Gasteiger partial charge in [-0.15, -0.1) is 11.3 Å². The molecule has 0 bridgehead atoms. The topological polar surface area (TPSA) is 87.5 Å². The highest BCUT2D eigenvalue weighted by Crippen LogP contribution is 2.31. The van der Waals surface area contributed by atoms with Crippen molar-refractivity contribution in [1.29, 1.82) is 0 Å². The quantitative estimate of drug-likeness (QED) is 0.424. The fraction of sp³-hybridized carbons (Fsp3) is 0.538. The van der Waals surface area contributed by atoms with Crippen LogP contribution in [0.25, 0.3) is 0 Å². The normalized spacial score (nSPS) is 22.8. The third kappa shape index (κ3) is 3.00. The molecule has 7 heteroatoms. The van der Waals surface area contributed by atoms with Crippen molar-refractivity contribution < 1.29 is 9.59 Å². The van der Waals surface area contributed by atoms with Crippen LogP contribution >= 0.6 is 11.3 Å². The summed E-state index contributed by atoms with van der Waals surface area (Å²) in [7, 11) is 1.67. The van der Waals surface area contributed by atoms with Crippen LogP contribution in [-0.4, -0.2) is 36.9 Å². The molecule has 0 aromatic carbocycles. The summed E-state index contributed by atoms with van der Waals surface area (Å²) >= 11 is 1.43. The average Bonchev–Trinajstić information content (AvgIpc) is 3.05. The first-order valence-corrected chi connectivity index (χ1v) is 7.34. The van der Waals surface area contributed by atoms with Crippen LogP contribution in [0.3, 0.4) is 0 Å². The number of thiophene rings is 1. The first-order valence-electron chi connectivity index (χ1n) is 6.53. The van der Waals surface area contributed by atoms with Crippen molar-refractivity contribution in [1.82, 2.24) is 15.6 Å². The first kappa shape index (κ1) is 15.0. The molecule has 110 valence electrons. The second kappa shape index (κ2) is 5.90. The van der Waals surface area contributed by atoms with E-state index in [4.69, 9.17) is 5.84 Å². The van der Waals surface area contributed by atoms with Crippen LogP contribution in [0.5, 0.6) is 0 Å². The second-order valence-corrected chi connectivity index (χ2v) is 6.51. The fourth-order valence-corrected chi connectivity index (χ4v) is 3.51. The van der Waals surface area contributed by atoms with Crippen LogP contribution in [0, 0.1) is 5.41 Å². The standard InChI is InChI=1S/C13H20N4O2S/c1-13(12(19)15-2)5-6-17(8-13)7-9-3-4-10(20-9)11(18)16-14/h3-4H,5-8,14H2,1-2H3,(H,15,19)(H,16,18). The average molecular weight is 296 g/mol. The molecule has 2 rings (SSSR count). The molecule has 1 aromatic rings. The van der Waals surface area contributed by atoms with Crippen LogP contribution in [0.1, 0.15) is 27.9 Å². The number of hydrogen-bond donors (Lipinski definition) is 3. The zero-order valence-corrected chi connectivity index (χ0v) is 12.5. The van der Waals surface area contributed by atoms with E-state index in [0.29, 0.717) is 4.88 Å². The summed E-state index contributed by atoms with van der Waals surface area (Å²) in [6, 6.07) is 3.71. The molecule has 1 aliphatic rings. The van der Waals surface area contributed by atoms with E-state index in [1.807, 2.05) is 13.0 Å². The Balaban J connectivity index is 1.97. The summed E-state index contributed by atoms with van der Waals surface area (Å²) in [5, 5.41) is 2.73. The Morgan fingerprint density at radius 2 is 2.25 bits per heavy atom. The summed E-state index contributed by atoms with van der Waals surface area (Å²) in [6.45, 7) is 4.38. The van der Waals surface area contributed by atoms with Gasteiger partial charge in [-0.2, -0.15) is 0 Å². The molecule has 0 aliphatic carbocycles. The first-order chi connectivity index (χ1) is 9.48. The van der Waals surface area contributed by atoms with Crippen molar-refractivity contribution in [2.45, 2.75) is 19.9 Å². The maximum absolute atomic E-state index is 11.9. The van der Waals surface area contributed by atoms with Crippen LogP contribution in [0.15, 0.2) is 12.1 Å². The third-order valence-electron chi connectivity index (χ3n) is 3.72. The maximum atomic E-state index is 11.9. The van der Waals surface area contributed by atoms with Crippen LogP contribution in [0.2, 0.25) is 0 Å². The maximum Gasteiger partial charge on any atom is 0.275 e. The lowest BCUT2D eigenvalue weighted by atomic mass is 9.89. The van der Waals surface area contributed by atoms with Gasteiger partial charge < -0.3 is 5.32 Å². The van der Waals surface area contributed by atoms with Gasteiger partial charge in [0.1, 0.15) is 0 Å². The monoisotopic (exact) mass is 296 g/mol. The van der Waals surface area contributed by atoms with Gasteiger partial charge in [0.15, 0.2) is 0 Å². The molecule has 1 aromatic heterocycles. The SMILES string of the molecule is CNC(=O)C1(C)CCN(Cc2ccc(C(=O)NN)s2)C1. The van der Waals surface area contributed by atoms with Crippen molar-refractivity contribution in [2.75, 3.05) is 20.1 Å². The number of hydrogen-bond acceptors (Lipinski definition) is 5. The fourth-order valence-electron chi connectivity index (χ4n) is 2.56. The molecule has 4 N–H and O–H groups in total. The molecule has 1 saturated heterocycles. The molecule has 0 radical (unpaired) electrons. The minimum Gasteiger partial charge on any atom is -0.359 e. The van der Waals surface area contributed by atoms with E-state index in [2.05, 4.69) is 15.6 Å². The lowest BCUT2D eigenvalue weighted by Gasteiger charge is -2.22. The van der Waals surface area contributed by atoms with Crippen LogP contribution < -0.4 is 16.6 Å². The van der Waals surface area contributed by atoms with Crippen LogP contribution in [-0.2, 0) is 11.3 Å². The molecular weight excluding hydrogens is 276 g/mol. The Bertz CT molecular complexity index is 516. The van der Waals surface area contributed by atoms with Crippen molar-refractivity contribution in [2.24, 2.45) is 11.3 Å². The van der Waals surface area contributed by atoms with E-state index in [0.717, 1.165) is 30.9 Å². The number of hydrazine groups is 1. The number of rotatable bonds is 4. The largest absolute Gasteiger partial charge is 0.359 e. The molecule has 2 heterocycles. The summed E-state index contributed by atoms with van der Waals surface area (Å²) in [5.41, 5.74) is 1.81. The molecule has 2 amide bonds. The minimum atomic E-state index is -0.316. The number of carbonyl (C=O) groups is 2. The van der Waals surface area contributed by atoms with Gasteiger partial charge in [-0.1, -0.05) is 0 Å². The van der Waals surface area contributed by atoms with Gasteiger partial charge in [-0.3, -0.25) is 19.9 Å². The third-order valence-corrected chi connectivity index (χ3v) is 4.79. The lowest BCUT2D eigenvalue weighted by molar-refractivity contribution is -0.129. The summed E-state index contributed by atoms with van der Waals surface area (Å²) in [5.74, 6) is 4.94. The molecule has 1 aliphatic heterocycles. The number of nitrogen functional groups attached to an aromatic ring is 1. The van der Waals surface area contributed by atoms with E-state index in [-0.39, 0.29) is 17.2 Å². The Hall–Kier alpha value is -1.44. The summed E-state index contributed by atoms with van der Waals surface area (Å²) in [6.07, 6.45) is 0.855. The lowest BCUT2D eigenvalue weighted by Crippen LogP contribution is -2.39. The number of amides is 2. The van der Waals surface area contributed by atoms with Gasteiger partial charge in [0.2, 0.25) is 5.91 Å². The molecule has 1 atom stereocenters. The smallest absolute Gasteiger partial charge is 0.275 e. The van der Waals surface area contributed by atoms with E-state index in [9.17, 15) is 9.59 Å². The molecule has 0 spiro atoms. The highest BCUT2D eigenvalue weighted by Gasteiger charge is 2.39. The van der Waals surface area contributed by atoms with E-state index >= 15 is 0 Å². The Morgan fingerprint density at radius 1 is 1.50 bits per heavy atom. The number of nitrogens with two attached hydrogens (primary N) is 1. The molecule has 20 heavy (non-hydrogen) atoms. The zero-order chi connectivity index (χ0) is 14.8.